The molecule has 1 aromatic carbocycles. The van der Waals surface area contributed by atoms with Gasteiger partial charge in [0.05, 0.1) is 6.54 Å². The molecule has 1 aliphatic heterocycles. The number of hydrogen-bond donors (Lipinski definition) is 2. The third-order valence-corrected chi connectivity index (χ3v) is 3.73. The van der Waals surface area contributed by atoms with Gasteiger partial charge in [-0.1, -0.05) is 18.2 Å². The third kappa shape index (κ3) is 3.95. The lowest BCUT2D eigenvalue weighted by atomic mass is 10.0. The van der Waals surface area contributed by atoms with Crippen molar-refractivity contribution in [1.29, 1.82) is 0 Å². The lowest BCUT2D eigenvalue weighted by molar-refractivity contribution is -0.119. The van der Waals surface area contributed by atoms with Crippen LogP contribution < -0.4 is 10.6 Å². The van der Waals surface area contributed by atoms with Crippen LogP contribution in [0.4, 0.5) is 5.69 Å². The number of nitrogens with two attached hydrogens (primary N) is 1. The van der Waals surface area contributed by atoms with Gasteiger partial charge in [-0.25, -0.2) is 0 Å². The SMILES string of the molecule is NC(=O)CN1CCN(c2ccccc2)C(CCCO)C1. The number of anilines is 1. The van der Waals surface area contributed by atoms with Crippen LogP contribution in [0.25, 0.3) is 0 Å². The van der Waals surface area contributed by atoms with E-state index in [4.69, 9.17) is 10.8 Å². The molecule has 5 heteroatoms. The van der Waals surface area contributed by atoms with Gasteiger partial charge in [-0.05, 0) is 25.0 Å². The fraction of sp³-hybridized carbons (Fsp3) is 0.533. The van der Waals surface area contributed by atoms with E-state index in [-0.39, 0.29) is 12.5 Å². The van der Waals surface area contributed by atoms with Crippen LogP contribution in [-0.4, -0.2) is 54.7 Å². The van der Waals surface area contributed by atoms with Gasteiger partial charge in [0.15, 0.2) is 0 Å². The highest BCUT2D eigenvalue weighted by atomic mass is 16.3. The second-order valence-electron chi connectivity index (χ2n) is 5.25. The predicted octanol–water partition coefficient (Wildman–Crippen LogP) is 0.435. The Labute approximate surface area is 120 Å². The molecule has 2 rings (SSSR count). The fourth-order valence-corrected chi connectivity index (χ4v) is 2.82. The molecule has 20 heavy (non-hydrogen) atoms. The maximum Gasteiger partial charge on any atom is 0.231 e. The number of primary amides is 1. The minimum atomic E-state index is -0.279. The van der Waals surface area contributed by atoms with Crippen LogP contribution in [0.15, 0.2) is 30.3 Å². The van der Waals surface area contributed by atoms with E-state index in [1.165, 1.54) is 5.69 Å². The molecule has 1 unspecified atom stereocenters. The van der Waals surface area contributed by atoms with Crippen LogP contribution in [0.3, 0.4) is 0 Å². The zero-order valence-corrected chi connectivity index (χ0v) is 11.7. The Balaban J connectivity index is 2.05. The maximum atomic E-state index is 11.1. The molecule has 1 amide bonds. The number of amides is 1. The van der Waals surface area contributed by atoms with E-state index in [0.29, 0.717) is 12.6 Å². The minimum absolute atomic E-state index is 0.203. The van der Waals surface area contributed by atoms with Gasteiger partial charge >= 0.3 is 0 Å². The normalized spacial score (nSPS) is 20.1. The van der Waals surface area contributed by atoms with Crippen molar-refractivity contribution in [3.8, 4) is 0 Å². The Kier molecular flexibility index (Phi) is 5.38. The van der Waals surface area contributed by atoms with Gasteiger partial charge in [-0.3, -0.25) is 9.69 Å². The van der Waals surface area contributed by atoms with Crippen LogP contribution in [0, 0.1) is 0 Å². The molecule has 1 heterocycles. The molecule has 1 fully saturated rings. The van der Waals surface area contributed by atoms with Gasteiger partial charge in [0.2, 0.25) is 5.91 Å². The molecule has 1 aliphatic rings. The molecule has 1 saturated heterocycles. The van der Waals surface area contributed by atoms with Crippen molar-refractivity contribution in [2.75, 3.05) is 37.7 Å². The second-order valence-corrected chi connectivity index (χ2v) is 5.25. The molecule has 0 aromatic heterocycles. The molecule has 1 aromatic rings. The first-order chi connectivity index (χ1) is 9.70. The summed E-state index contributed by atoms with van der Waals surface area (Å²) in [7, 11) is 0. The van der Waals surface area contributed by atoms with Crippen molar-refractivity contribution in [3.05, 3.63) is 30.3 Å². The van der Waals surface area contributed by atoms with Gasteiger partial charge in [0.25, 0.3) is 0 Å². The Morgan fingerprint density at radius 3 is 2.70 bits per heavy atom. The van der Waals surface area contributed by atoms with Gasteiger partial charge in [0, 0.05) is 38.0 Å². The maximum absolute atomic E-state index is 11.1. The minimum Gasteiger partial charge on any atom is -0.396 e. The summed E-state index contributed by atoms with van der Waals surface area (Å²) in [6.45, 7) is 3.06. The number of carbonyl (C=O) groups is 1. The van der Waals surface area contributed by atoms with Gasteiger partial charge in [-0.15, -0.1) is 0 Å². The summed E-state index contributed by atoms with van der Waals surface area (Å²) < 4.78 is 0. The smallest absolute Gasteiger partial charge is 0.231 e. The van der Waals surface area contributed by atoms with E-state index in [0.717, 1.165) is 32.5 Å². The number of nitrogens with zero attached hydrogens (tertiary/aromatic N) is 2. The van der Waals surface area contributed by atoms with Gasteiger partial charge < -0.3 is 15.7 Å². The van der Waals surface area contributed by atoms with E-state index in [2.05, 4.69) is 21.9 Å². The highest BCUT2D eigenvalue weighted by Gasteiger charge is 2.27. The van der Waals surface area contributed by atoms with E-state index in [1.807, 2.05) is 18.2 Å². The number of aliphatic hydroxyl groups excluding tert-OH is 1. The molecule has 0 spiro atoms. The van der Waals surface area contributed by atoms with E-state index in [9.17, 15) is 4.79 Å². The van der Waals surface area contributed by atoms with Crippen molar-refractivity contribution in [2.45, 2.75) is 18.9 Å². The highest BCUT2D eigenvalue weighted by Crippen LogP contribution is 2.22. The van der Waals surface area contributed by atoms with Crippen molar-refractivity contribution in [3.63, 3.8) is 0 Å². The Morgan fingerprint density at radius 1 is 1.30 bits per heavy atom. The van der Waals surface area contributed by atoms with Crippen LogP contribution in [-0.2, 0) is 4.79 Å². The van der Waals surface area contributed by atoms with Crippen LogP contribution in [0.2, 0.25) is 0 Å². The Morgan fingerprint density at radius 2 is 2.05 bits per heavy atom. The van der Waals surface area contributed by atoms with E-state index in [1.54, 1.807) is 0 Å². The summed E-state index contributed by atoms with van der Waals surface area (Å²) in [5, 5.41) is 9.06. The van der Waals surface area contributed by atoms with Crippen molar-refractivity contribution in [1.82, 2.24) is 4.90 Å². The quantitative estimate of drug-likeness (QED) is 0.791. The lowest BCUT2D eigenvalue weighted by Gasteiger charge is -2.42. The van der Waals surface area contributed by atoms with Gasteiger partial charge in [-0.2, -0.15) is 0 Å². The third-order valence-electron chi connectivity index (χ3n) is 3.73. The van der Waals surface area contributed by atoms with E-state index < -0.39 is 0 Å². The zero-order chi connectivity index (χ0) is 14.4. The van der Waals surface area contributed by atoms with Crippen molar-refractivity contribution < 1.29 is 9.90 Å². The first-order valence-corrected chi connectivity index (χ1v) is 7.14. The molecule has 5 nitrogen and oxygen atoms in total. The number of hydrogen-bond acceptors (Lipinski definition) is 4. The molecular weight excluding hydrogens is 254 g/mol. The summed E-state index contributed by atoms with van der Waals surface area (Å²) in [5.74, 6) is -0.279. The molecule has 0 saturated carbocycles. The van der Waals surface area contributed by atoms with Crippen molar-refractivity contribution >= 4 is 11.6 Å². The summed E-state index contributed by atoms with van der Waals surface area (Å²) in [6, 6.07) is 10.6. The fourth-order valence-electron chi connectivity index (χ4n) is 2.82. The first-order valence-electron chi connectivity index (χ1n) is 7.14. The first kappa shape index (κ1) is 14.8. The average molecular weight is 277 g/mol. The zero-order valence-electron chi connectivity index (χ0n) is 11.7. The summed E-state index contributed by atoms with van der Waals surface area (Å²) >= 11 is 0. The Bertz CT molecular complexity index is 424. The largest absolute Gasteiger partial charge is 0.396 e. The number of rotatable bonds is 6. The predicted molar refractivity (Wildman–Crippen MR) is 79.5 cm³/mol. The van der Waals surface area contributed by atoms with Gasteiger partial charge in [0.1, 0.15) is 0 Å². The molecule has 0 bridgehead atoms. The van der Waals surface area contributed by atoms with Crippen molar-refractivity contribution in [2.24, 2.45) is 5.73 Å². The summed E-state index contributed by atoms with van der Waals surface area (Å²) in [6.07, 6.45) is 1.69. The number of benzene rings is 1. The average Bonchev–Trinajstić information content (AvgIpc) is 2.45. The topological polar surface area (TPSA) is 69.8 Å². The van der Waals surface area contributed by atoms with E-state index >= 15 is 0 Å². The monoisotopic (exact) mass is 277 g/mol. The summed E-state index contributed by atoms with van der Waals surface area (Å²) in [5.41, 5.74) is 6.48. The highest BCUT2D eigenvalue weighted by molar-refractivity contribution is 5.76. The summed E-state index contributed by atoms with van der Waals surface area (Å²) in [4.78, 5) is 15.5. The van der Waals surface area contributed by atoms with Crippen LogP contribution in [0.5, 0.6) is 0 Å². The number of aliphatic hydroxyl groups is 1. The Hall–Kier alpha value is -1.59. The second kappa shape index (κ2) is 7.26. The number of para-hydroxylation sites is 1. The lowest BCUT2D eigenvalue weighted by Crippen LogP contribution is -2.54. The molecular formula is C15H23N3O2. The molecule has 3 N–H and O–H groups in total. The number of piperazine rings is 1. The molecule has 110 valence electrons. The molecule has 1 atom stereocenters. The standard InChI is InChI=1S/C15H23N3O2/c16-15(20)12-17-8-9-18(13-5-2-1-3-6-13)14(11-17)7-4-10-19/h1-3,5-6,14,19H,4,7-12H2,(H2,16,20). The number of carbonyl (C=O) groups excluding carboxylic acids is 1. The molecule has 0 radical (unpaired) electrons. The molecule has 0 aliphatic carbocycles. The van der Waals surface area contributed by atoms with Crippen LogP contribution in [0.1, 0.15) is 12.8 Å². The van der Waals surface area contributed by atoms with Crippen LogP contribution >= 0.6 is 0 Å².